The van der Waals surface area contributed by atoms with Crippen LogP contribution in [0.25, 0.3) is 5.76 Å². The van der Waals surface area contributed by atoms with Crippen LogP contribution in [-0.2, 0) is 4.74 Å². The minimum absolute atomic E-state index is 0.101. The van der Waals surface area contributed by atoms with Crippen molar-refractivity contribution in [2.45, 2.75) is 79.1 Å². The molecule has 0 fully saturated rings. The van der Waals surface area contributed by atoms with Crippen LogP contribution in [0.15, 0.2) is 42.2 Å². The number of benzene rings is 2. The lowest BCUT2D eigenvalue weighted by molar-refractivity contribution is 0.0710. The summed E-state index contributed by atoms with van der Waals surface area (Å²) in [6.07, 6.45) is 8.88. The van der Waals surface area contributed by atoms with Gasteiger partial charge in [-0.15, -0.1) is 0 Å². The van der Waals surface area contributed by atoms with Gasteiger partial charge >= 0.3 is 5.97 Å². The molecular formula is C32H42N2O4. The Balaban J connectivity index is 1.66. The van der Waals surface area contributed by atoms with E-state index in [0.29, 0.717) is 22.4 Å². The molecule has 6 nitrogen and oxygen atoms in total. The first-order valence-electron chi connectivity index (χ1n) is 14.5. The zero-order valence-corrected chi connectivity index (χ0v) is 23.5. The number of Topliss-reactive ketones (excluding diaryl/α,β-unsaturated/α-hetero) is 1. The topological polar surface area (TPSA) is 59.1 Å². The Morgan fingerprint density at radius 2 is 1.08 bits per heavy atom. The van der Waals surface area contributed by atoms with Gasteiger partial charge in [-0.05, 0) is 56.0 Å². The molecule has 0 N–H and O–H groups in total. The fraction of sp³-hybridized carbons (Fsp3) is 0.500. The van der Waals surface area contributed by atoms with E-state index in [-0.39, 0.29) is 17.3 Å². The van der Waals surface area contributed by atoms with Gasteiger partial charge in [-0.2, -0.15) is 0 Å². The fourth-order valence-electron chi connectivity index (χ4n) is 5.01. The van der Waals surface area contributed by atoms with Crippen molar-refractivity contribution < 1.29 is 19.1 Å². The molecule has 0 saturated heterocycles. The SMILES string of the molecule is CCCCN(CCCC)c1ccc2c(c1)O/C(=C1\OC(=O)c3ccc(N(CCCC)CCCC)cc31)C2=O. The Hall–Kier alpha value is -3.28. The highest BCUT2D eigenvalue weighted by atomic mass is 16.6. The van der Waals surface area contributed by atoms with Crippen molar-refractivity contribution in [2.24, 2.45) is 0 Å². The first kappa shape index (κ1) is 27.7. The number of carbonyl (C=O) groups excluding carboxylic acids is 2. The number of fused-ring (bicyclic) bond motifs is 2. The molecule has 0 atom stereocenters. The van der Waals surface area contributed by atoms with Crippen molar-refractivity contribution in [3.05, 3.63) is 58.8 Å². The minimum atomic E-state index is -0.443. The summed E-state index contributed by atoms with van der Waals surface area (Å²) in [5, 5.41) is 0. The third-order valence-corrected chi connectivity index (χ3v) is 7.35. The molecule has 0 radical (unpaired) electrons. The van der Waals surface area contributed by atoms with Gasteiger partial charge in [-0.25, -0.2) is 4.79 Å². The highest BCUT2D eigenvalue weighted by Gasteiger charge is 2.38. The number of ketones is 1. The highest BCUT2D eigenvalue weighted by molar-refractivity contribution is 6.18. The van der Waals surface area contributed by atoms with Gasteiger partial charge in [0.15, 0.2) is 5.76 Å². The largest absolute Gasteiger partial charge is 0.448 e. The van der Waals surface area contributed by atoms with Gasteiger partial charge in [0.2, 0.25) is 11.5 Å². The number of unbranched alkanes of at least 4 members (excludes halogenated alkanes) is 4. The zero-order valence-electron chi connectivity index (χ0n) is 23.5. The summed E-state index contributed by atoms with van der Waals surface area (Å²) in [6.45, 7) is 12.6. The summed E-state index contributed by atoms with van der Waals surface area (Å²) < 4.78 is 11.8. The molecule has 0 amide bonds. The lowest BCUT2D eigenvalue weighted by atomic mass is 10.0. The standard InChI is InChI=1S/C32H42N2O4/c1-5-9-17-33(18-10-6-2)23-13-15-25-27(21-23)30(38-32(25)36)31-29(35)26-16-14-24(22-28(26)37-31)34(19-11-7-3)20-12-8-4/h13-16,21-22H,5-12,17-20H2,1-4H3/b31-30-. The van der Waals surface area contributed by atoms with Crippen LogP contribution in [0.3, 0.4) is 0 Å². The van der Waals surface area contributed by atoms with Crippen LogP contribution < -0.4 is 14.5 Å². The lowest BCUT2D eigenvalue weighted by Gasteiger charge is -2.25. The summed E-state index contributed by atoms with van der Waals surface area (Å²) in [5.74, 6) is 0.176. The predicted molar refractivity (Wildman–Crippen MR) is 154 cm³/mol. The van der Waals surface area contributed by atoms with Gasteiger partial charge in [-0.3, -0.25) is 4.79 Å². The molecule has 0 bridgehead atoms. The number of hydrogen-bond acceptors (Lipinski definition) is 6. The third-order valence-electron chi connectivity index (χ3n) is 7.35. The molecule has 38 heavy (non-hydrogen) atoms. The summed E-state index contributed by atoms with van der Waals surface area (Å²) in [5.41, 5.74) is 3.71. The minimum Gasteiger partial charge on any atom is -0.448 e. The van der Waals surface area contributed by atoms with Gasteiger partial charge in [0, 0.05) is 49.2 Å². The second-order valence-electron chi connectivity index (χ2n) is 10.3. The van der Waals surface area contributed by atoms with E-state index in [9.17, 15) is 9.59 Å². The average Bonchev–Trinajstić information content (AvgIpc) is 3.44. The van der Waals surface area contributed by atoms with Gasteiger partial charge < -0.3 is 19.3 Å². The summed E-state index contributed by atoms with van der Waals surface area (Å²) >= 11 is 0. The highest BCUT2D eigenvalue weighted by Crippen LogP contribution is 2.41. The quantitative estimate of drug-likeness (QED) is 0.189. The number of carbonyl (C=O) groups is 2. The number of ether oxygens (including phenoxy) is 2. The molecule has 0 unspecified atom stereocenters. The Labute approximate surface area is 227 Å². The molecule has 2 aromatic rings. The predicted octanol–water partition coefficient (Wildman–Crippen LogP) is 7.61. The van der Waals surface area contributed by atoms with E-state index in [1.807, 2.05) is 36.4 Å². The van der Waals surface area contributed by atoms with E-state index < -0.39 is 5.97 Å². The van der Waals surface area contributed by atoms with Crippen LogP contribution in [0, 0.1) is 0 Å². The van der Waals surface area contributed by atoms with Crippen molar-refractivity contribution in [1.29, 1.82) is 0 Å². The monoisotopic (exact) mass is 518 g/mol. The van der Waals surface area contributed by atoms with Crippen molar-refractivity contribution in [3.63, 3.8) is 0 Å². The van der Waals surface area contributed by atoms with E-state index in [4.69, 9.17) is 9.47 Å². The summed E-state index contributed by atoms with van der Waals surface area (Å²) in [6, 6.07) is 11.6. The normalized spacial score (nSPS) is 15.8. The third kappa shape index (κ3) is 5.90. The molecule has 4 rings (SSSR count). The first-order chi connectivity index (χ1) is 18.5. The number of rotatable bonds is 14. The Kier molecular flexibility index (Phi) is 9.48. The van der Waals surface area contributed by atoms with E-state index in [2.05, 4.69) is 37.5 Å². The molecule has 2 aliphatic rings. The van der Waals surface area contributed by atoms with Crippen molar-refractivity contribution in [3.8, 4) is 5.75 Å². The average molecular weight is 519 g/mol. The van der Waals surface area contributed by atoms with Crippen LogP contribution in [0.5, 0.6) is 5.75 Å². The molecule has 0 spiro atoms. The maximum Gasteiger partial charge on any atom is 0.344 e. The van der Waals surface area contributed by atoms with Crippen LogP contribution in [-0.4, -0.2) is 37.9 Å². The zero-order chi connectivity index (χ0) is 27.1. The van der Waals surface area contributed by atoms with Crippen LogP contribution in [0.4, 0.5) is 11.4 Å². The number of cyclic esters (lactones) is 1. The molecule has 0 aliphatic carbocycles. The van der Waals surface area contributed by atoms with E-state index in [1.165, 1.54) is 0 Å². The Bertz CT molecular complexity index is 1170. The molecule has 2 aromatic carbocycles. The maximum absolute atomic E-state index is 13.4. The van der Waals surface area contributed by atoms with Crippen molar-refractivity contribution in [1.82, 2.24) is 0 Å². The number of hydrogen-bond donors (Lipinski definition) is 0. The fourth-order valence-corrected chi connectivity index (χ4v) is 5.01. The number of esters is 1. The lowest BCUT2D eigenvalue weighted by Crippen LogP contribution is -2.25. The molecule has 0 saturated carbocycles. The Morgan fingerprint density at radius 1 is 0.579 bits per heavy atom. The van der Waals surface area contributed by atoms with Crippen LogP contribution in [0.1, 0.15) is 105 Å². The van der Waals surface area contributed by atoms with Crippen LogP contribution >= 0.6 is 0 Å². The first-order valence-corrected chi connectivity index (χ1v) is 14.5. The van der Waals surface area contributed by atoms with Gasteiger partial charge in [0.05, 0.1) is 11.1 Å². The second-order valence-corrected chi connectivity index (χ2v) is 10.3. The maximum atomic E-state index is 13.4. The Morgan fingerprint density at radius 3 is 1.61 bits per heavy atom. The second kappa shape index (κ2) is 13.0. The van der Waals surface area contributed by atoms with Crippen LogP contribution in [0.2, 0.25) is 0 Å². The summed E-state index contributed by atoms with van der Waals surface area (Å²) in [4.78, 5) is 30.9. The molecule has 2 heterocycles. The van der Waals surface area contributed by atoms with Crippen molar-refractivity contribution >= 4 is 28.9 Å². The van der Waals surface area contributed by atoms with Crippen molar-refractivity contribution in [2.75, 3.05) is 36.0 Å². The van der Waals surface area contributed by atoms with Gasteiger partial charge in [0.25, 0.3) is 0 Å². The summed E-state index contributed by atoms with van der Waals surface area (Å²) in [7, 11) is 0. The van der Waals surface area contributed by atoms with E-state index in [1.54, 1.807) is 0 Å². The number of anilines is 2. The molecule has 2 aliphatic heterocycles. The smallest absolute Gasteiger partial charge is 0.344 e. The van der Waals surface area contributed by atoms with E-state index >= 15 is 0 Å². The number of nitrogens with zero attached hydrogens (tertiary/aromatic N) is 2. The molecule has 204 valence electrons. The number of allylic oxidation sites excluding steroid dienone is 1. The molecule has 0 aromatic heterocycles. The molecule has 6 heteroatoms. The van der Waals surface area contributed by atoms with E-state index in [0.717, 1.165) is 88.9 Å². The molecular weight excluding hydrogens is 476 g/mol. The van der Waals surface area contributed by atoms with Gasteiger partial charge in [0.1, 0.15) is 5.75 Å². The van der Waals surface area contributed by atoms with Gasteiger partial charge in [-0.1, -0.05) is 53.4 Å².